The Hall–Kier alpha value is -2.28. The molecule has 1 N–H and O–H groups in total. The van der Waals surface area contributed by atoms with Gasteiger partial charge in [-0.15, -0.1) is 0 Å². The first-order valence-corrected chi connectivity index (χ1v) is 9.79. The van der Waals surface area contributed by atoms with Crippen LogP contribution in [-0.4, -0.2) is 65.8 Å². The van der Waals surface area contributed by atoms with Gasteiger partial charge in [-0.3, -0.25) is 19.4 Å². The Morgan fingerprint density at radius 1 is 0.929 bits per heavy atom. The number of benzene rings is 1. The van der Waals surface area contributed by atoms with Gasteiger partial charge in [-0.05, 0) is 44.0 Å². The summed E-state index contributed by atoms with van der Waals surface area (Å²) < 4.78 is 6.19. The predicted octanol–water partition coefficient (Wildman–Crippen LogP) is 2.36. The van der Waals surface area contributed by atoms with E-state index >= 15 is 0 Å². The van der Waals surface area contributed by atoms with E-state index in [1.165, 1.54) is 0 Å². The van der Waals surface area contributed by atoms with Crippen LogP contribution in [0.25, 0.3) is 11.3 Å². The number of aliphatic hydroxyl groups excluding tert-OH is 1. The van der Waals surface area contributed by atoms with Crippen LogP contribution in [0.4, 0.5) is 0 Å². The van der Waals surface area contributed by atoms with E-state index in [9.17, 15) is 9.59 Å². The molecular weight excluding hydrogens is 356 g/mol. The maximum atomic E-state index is 12.8. The fourth-order valence-electron chi connectivity index (χ4n) is 4.12. The van der Waals surface area contributed by atoms with Crippen molar-refractivity contribution in [3.63, 3.8) is 0 Å². The second kappa shape index (κ2) is 7.28. The molecule has 1 aromatic carbocycles. The van der Waals surface area contributed by atoms with Crippen LogP contribution in [0.1, 0.15) is 43.2 Å². The molecule has 1 aliphatic carbocycles. The molecule has 0 radical (unpaired) electrons. The van der Waals surface area contributed by atoms with Crippen molar-refractivity contribution in [1.82, 2.24) is 9.80 Å². The first-order chi connectivity index (χ1) is 13.4. The van der Waals surface area contributed by atoms with Crippen LogP contribution in [-0.2, 0) is 6.54 Å². The molecule has 1 saturated heterocycles. The summed E-state index contributed by atoms with van der Waals surface area (Å²) in [5.41, 5.74) is 4.43. The van der Waals surface area contributed by atoms with E-state index < -0.39 is 11.6 Å². The molecule has 0 bridgehead atoms. The Balaban J connectivity index is 1.65. The van der Waals surface area contributed by atoms with Crippen LogP contribution in [0.2, 0.25) is 0 Å². The van der Waals surface area contributed by atoms with Gasteiger partial charge in [0.05, 0.1) is 18.7 Å². The molecule has 0 atom stereocenters. The first kappa shape index (κ1) is 19.1. The van der Waals surface area contributed by atoms with Gasteiger partial charge in [0.25, 0.3) is 0 Å². The number of β-amino-alcohol motifs (C(OH)–C–C–N with tert-alkyl or cyclic N) is 1. The van der Waals surface area contributed by atoms with Crippen molar-refractivity contribution in [3.8, 4) is 11.3 Å². The maximum absolute atomic E-state index is 12.8. The highest BCUT2D eigenvalue weighted by Gasteiger charge is 2.36. The molecule has 0 amide bonds. The Labute approximate surface area is 164 Å². The van der Waals surface area contributed by atoms with Crippen molar-refractivity contribution in [2.24, 2.45) is 0 Å². The monoisotopic (exact) mass is 382 g/mol. The molecule has 6 nitrogen and oxygen atoms in total. The summed E-state index contributed by atoms with van der Waals surface area (Å²) in [7, 11) is 0. The lowest BCUT2D eigenvalue weighted by molar-refractivity contribution is 0.0814. The Kier molecular flexibility index (Phi) is 4.95. The van der Waals surface area contributed by atoms with Crippen molar-refractivity contribution < 1.29 is 19.1 Å². The van der Waals surface area contributed by atoms with Gasteiger partial charge in [0.1, 0.15) is 11.5 Å². The van der Waals surface area contributed by atoms with Gasteiger partial charge in [-0.25, -0.2) is 0 Å². The number of ketones is 2. The number of rotatable bonds is 4. The fraction of sp³-hybridized carbons (Fsp3) is 0.455. The summed E-state index contributed by atoms with van der Waals surface area (Å²) in [6.45, 7) is 10.9. The largest absolute Gasteiger partial charge is 0.459 e. The molecule has 1 aromatic heterocycles. The van der Waals surface area contributed by atoms with E-state index in [1.54, 1.807) is 6.07 Å². The molecular formula is C22H26N2O4. The van der Waals surface area contributed by atoms with Crippen LogP contribution >= 0.6 is 0 Å². The van der Waals surface area contributed by atoms with Crippen LogP contribution in [0.15, 0.2) is 16.5 Å². The summed E-state index contributed by atoms with van der Waals surface area (Å²) in [4.78, 5) is 30.0. The molecule has 6 heteroatoms. The van der Waals surface area contributed by atoms with Gasteiger partial charge < -0.3 is 9.52 Å². The number of hydrogen-bond donors (Lipinski definition) is 1. The molecule has 2 aromatic rings. The lowest BCUT2D eigenvalue weighted by Crippen LogP contribution is -2.46. The number of carbonyl (C=O) groups excluding carboxylic acids is 2. The molecule has 1 aliphatic heterocycles. The minimum Gasteiger partial charge on any atom is -0.459 e. The van der Waals surface area contributed by atoms with Crippen molar-refractivity contribution in [1.29, 1.82) is 0 Å². The molecule has 148 valence electrons. The number of aryl methyl sites for hydroxylation is 2. The van der Waals surface area contributed by atoms with Crippen molar-refractivity contribution in [2.75, 3.05) is 39.3 Å². The van der Waals surface area contributed by atoms with Gasteiger partial charge in [0.15, 0.2) is 0 Å². The highest BCUT2D eigenvalue weighted by atomic mass is 16.3. The SMILES string of the molecule is Cc1cc2c(cc1C)-c1oc(CN3CCN(CCO)CC3)c(C)c1C(=O)C2=O. The third-order valence-electron chi connectivity index (χ3n) is 6.05. The second-order valence-corrected chi connectivity index (χ2v) is 7.84. The van der Waals surface area contributed by atoms with Gasteiger partial charge in [-0.2, -0.15) is 0 Å². The number of furan rings is 1. The number of nitrogens with zero attached hydrogens (tertiary/aromatic N) is 2. The third-order valence-corrected chi connectivity index (χ3v) is 6.05. The zero-order valence-corrected chi connectivity index (χ0v) is 16.7. The molecule has 0 spiro atoms. The minimum absolute atomic E-state index is 0.179. The van der Waals surface area contributed by atoms with Gasteiger partial charge in [0, 0.05) is 49.4 Å². The van der Waals surface area contributed by atoms with Crippen LogP contribution < -0.4 is 0 Å². The number of fused-ring (bicyclic) bond motifs is 3. The predicted molar refractivity (Wildman–Crippen MR) is 106 cm³/mol. The number of carbonyl (C=O) groups is 2. The number of aliphatic hydroxyl groups is 1. The van der Waals surface area contributed by atoms with Crippen LogP contribution in [0.3, 0.4) is 0 Å². The van der Waals surface area contributed by atoms with Crippen molar-refractivity contribution >= 4 is 11.6 Å². The molecule has 28 heavy (non-hydrogen) atoms. The quantitative estimate of drug-likeness (QED) is 0.819. The van der Waals surface area contributed by atoms with E-state index in [0.29, 0.717) is 30.0 Å². The highest BCUT2D eigenvalue weighted by Crippen LogP contribution is 2.39. The third kappa shape index (κ3) is 3.11. The standard InChI is InChI=1S/C22H26N2O4/c1-13-10-16-17(11-14(13)2)22-19(21(27)20(16)26)15(3)18(28-22)12-24-6-4-23(5-7-24)8-9-25/h10-11,25H,4-9,12H2,1-3H3. The zero-order valence-electron chi connectivity index (χ0n) is 16.7. The fourth-order valence-corrected chi connectivity index (χ4v) is 4.12. The van der Waals surface area contributed by atoms with Gasteiger partial charge in [0.2, 0.25) is 11.6 Å². The summed E-state index contributed by atoms with van der Waals surface area (Å²) in [5.74, 6) is 0.381. The summed E-state index contributed by atoms with van der Waals surface area (Å²) in [6.07, 6.45) is 0. The Bertz CT molecular complexity index is 952. The number of hydrogen-bond acceptors (Lipinski definition) is 6. The van der Waals surface area contributed by atoms with E-state index in [1.807, 2.05) is 26.8 Å². The molecule has 4 rings (SSSR count). The topological polar surface area (TPSA) is 74.0 Å². The summed E-state index contributed by atoms with van der Waals surface area (Å²) in [6, 6.07) is 3.75. The average molecular weight is 382 g/mol. The zero-order chi connectivity index (χ0) is 20.0. The van der Waals surface area contributed by atoms with Crippen LogP contribution in [0.5, 0.6) is 0 Å². The molecule has 0 unspecified atom stereocenters. The number of Topliss-reactive ketones (excluding diaryl/α,β-unsaturated/α-hetero) is 2. The van der Waals surface area contributed by atoms with Crippen molar-refractivity contribution in [2.45, 2.75) is 27.3 Å². The Morgan fingerprint density at radius 2 is 1.54 bits per heavy atom. The lowest BCUT2D eigenvalue weighted by Gasteiger charge is -2.33. The van der Waals surface area contributed by atoms with E-state index in [-0.39, 0.29) is 6.61 Å². The normalized spacial score (nSPS) is 17.7. The van der Waals surface area contributed by atoms with Crippen LogP contribution in [0, 0.1) is 20.8 Å². The van der Waals surface area contributed by atoms with Gasteiger partial charge in [-0.1, -0.05) is 0 Å². The average Bonchev–Trinajstić information content (AvgIpc) is 3.00. The van der Waals surface area contributed by atoms with Crippen molar-refractivity contribution in [3.05, 3.63) is 45.7 Å². The summed E-state index contributed by atoms with van der Waals surface area (Å²) >= 11 is 0. The number of piperazine rings is 1. The first-order valence-electron chi connectivity index (χ1n) is 9.79. The molecule has 0 saturated carbocycles. The van der Waals surface area contributed by atoms with E-state index in [2.05, 4.69) is 9.80 Å². The molecule has 2 heterocycles. The maximum Gasteiger partial charge on any atom is 0.237 e. The minimum atomic E-state index is -0.467. The second-order valence-electron chi connectivity index (χ2n) is 7.84. The smallest absolute Gasteiger partial charge is 0.237 e. The lowest BCUT2D eigenvalue weighted by atomic mass is 9.85. The van der Waals surface area contributed by atoms with Gasteiger partial charge >= 0.3 is 0 Å². The Morgan fingerprint density at radius 3 is 2.18 bits per heavy atom. The summed E-state index contributed by atoms with van der Waals surface area (Å²) in [5, 5.41) is 9.08. The van der Waals surface area contributed by atoms with E-state index in [0.717, 1.165) is 54.2 Å². The molecule has 1 fully saturated rings. The highest BCUT2D eigenvalue weighted by molar-refractivity contribution is 6.53. The van der Waals surface area contributed by atoms with E-state index in [4.69, 9.17) is 9.52 Å². The molecule has 2 aliphatic rings.